The standard InChI is InChI=1S/C13H20N2O2S/c1-9-7-11(14)12(8-10(9)2)18(16,17)15-13(3)5-4-6-13/h7-8,15H,4-6,14H2,1-3H3. The molecule has 0 unspecified atom stereocenters. The Bertz CT molecular complexity index is 575. The number of aryl methyl sites for hydroxylation is 2. The second-order valence-corrected chi connectivity index (χ2v) is 7.14. The number of sulfonamides is 1. The van der Waals surface area contributed by atoms with Crippen LogP contribution in [0.25, 0.3) is 0 Å². The van der Waals surface area contributed by atoms with Crippen LogP contribution in [-0.4, -0.2) is 14.0 Å². The molecular weight excluding hydrogens is 248 g/mol. The minimum absolute atomic E-state index is 0.193. The molecule has 4 nitrogen and oxygen atoms in total. The van der Waals surface area contributed by atoms with Gasteiger partial charge in [0.15, 0.2) is 0 Å². The lowest BCUT2D eigenvalue weighted by molar-refractivity contribution is 0.248. The van der Waals surface area contributed by atoms with Gasteiger partial charge in [-0.2, -0.15) is 0 Å². The normalized spacial score (nSPS) is 18.4. The molecule has 0 aromatic heterocycles. The fraction of sp³-hybridized carbons (Fsp3) is 0.538. The van der Waals surface area contributed by atoms with Gasteiger partial charge < -0.3 is 5.73 Å². The van der Waals surface area contributed by atoms with Crippen molar-refractivity contribution in [3.8, 4) is 0 Å². The Hall–Kier alpha value is -1.07. The molecule has 1 aromatic carbocycles. The van der Waals surface area contributed by atoms with Gasteiger partial charge in [-0.1, -0.05) is 0 Å². The van der Waals surface area contributed by atoms with Gasteiger partial charge in [0.2, 0.25) is 10.0 Å². The van der Waals surface area contributed by atoms with Gasteiger partial charge in [-0.15, -0.1) is 0 Å². The number of hydrogen-bond acceptors (Lipinski definition) is 3. The molecular formula is C13H20N2O2S. The molecule has 0 radical (unpaired) electrons. The first-order valence-corrected chi connectivity index (χ1v) is 7.63. The summed E-state index contributed by atoms with van der Waals surface area (Å²) >= 11 is 0. The first kappa shape index (κ1) is 13.4. The molecule has 0 bridgehead atoms. The van der Waals surface area contributed by atoms with Gasteiger partial charge in [0.05, 0.1) is 5.69 Å². The van der Waals surface area contributed by atoms with Crippen LogP contribution >= 0.6 is 0 Å². The lowest BCUT2D eigenvalue weighted by Gasteiger charge is -2.38. The maximum Gasteiger partial charge on any atom is 0.243 e. The fourth-order valence-electron chi connectivity index (χ4n) is 2.23. The molecule has 1 aromatic rings. The van der Waals surface area contributed by atoms with Gasteiger partial charge >= 0.3 is 0 Å². The molecule has 0 amide bonds. The van der Waals surface area contributed by atoms with Crippen molar-refractivity contribution < 1.29 is 8.42 Å². The first-order valence-electron chi connectivity index (χ1n) is 6.14. The minimum Gasteiger partial charge on any atom is -0.398 e. The molecule has 5 heteroatoms. The van der Waals surface area contributed by atoms with E-state index < -0.39 is 10.0 Å². The Morgan fingerprint density at radius 2 is 1.78 bits per heavy atom. The number of nitrogens with two attached hydrogens (primary N) is 1. The lowest BCUT2D eigenvalue weighted by atomic mass is 9.80. The zero-order valence-corrected chi connectivity index (χ0v) is 11.9. The molecule has 100 valence electrons. The third-order valence-corrected chi connectivity index (χ3v) is 5.45. The van der Waals surface area contributed by atoms with E-state index in [1.807, 2.05) is 20.8 Å². The highest BCUT2D eigenvalue weighted by Gasteiger charge is 2.36. The van der Waals surface area contributed by atoms with E-state index >= 15 is 0 Å². The van der Waals surface area contributed by atoms with Crippen molar-refractivity contribution in [1.82, 2.24) is 4.72 Å². The average molecular weight is 268 g/mol. The van der Waals surface area contributed by atoms with Gasteiger partial charge in [0, 0.05) is 5.54 Å². The number of anilines is 1. The quantitative estimate of drug-likeness (QED) is 0.825. The van der Waals surface area contributed by atoms with Crippen LogP contribution < -0.4 is 10.5 Å². The van der Waals surface area contributed by atoms with Crippen LogP contribution in [-0.2, 0) is 10.0 Å². The largest absolute Gasteiger partial charge is 0.398 e. The zero-order chi connectivity index (χ0) is 13.6. The van der Waals surface area contributed by atoms with E-state index in [1.54, 1.807) is 12.1 Å². The molecule has 2 rings (SSSR count). The summed E-state index contributed by atoms with van der Waals surface area (Å²) < 4.78 is 27.4. The summed E-state index contributed by atoms with van der Waals surface area (Å²) in [6.07, 6.45) is 2.84. The number of rotatable bonds is 3. The molecule has 0 aliphatic heterocycles. The van der Waals surface area contributed by atoms with Crippen molar-refractivity contribution in [2.75, 3.05) is 5.73 Å². The van der Waals surface area contributed by atoms with Crippen molar-refractivity contribution in [3.63, 3.8) is 0 Å². The van der Waals surface area contributed by atoms with Crippen LogP contribution in [0.15, 0.2) is 17.0 Å². The van der Waals surface area contributed by atoms with Crippen molar-refractivity contribution in [3.05, 3.63) is 23.3 Å². The Morgan fingerprint density at radius 1 is 1.22 bits per heavy atom. The molecule has 3 N–H and O–H groups in total. The van der Waals surface area contributed by atoms with Gasteiger partial charge in [-0.05, 0) is 63.3 Å². The number of hydrogen-bond donors (Lipinski definition) is 2. The number of nitrogen functional groups attached to an aromatic ring is 1. The first-order chi connectivity index (χ1) is 8.23. The van der Waals surface area contributed by atoms with E-state index in [9.17, 15) is 8.42 Å². The zero-order valence-electron chi connectivity index (χ0n) is 11.1. The minimum atomic E-state index is -3.52. The molecule has 0 saturated heterocycles. The topological polar surface area (TPSA) is 72.2 Å². The van der Waals surface area contributed by atoms with E-state index in [0.717, 1.165) is 30.4 Å². The molecule has 0 heterocycles. The highest BCUT2D eigenvalue weighted by atomic mass is 32.2. The third-order valence-electron chi connectivity index (χ3n) is 3.75. The molecule has 0 spiro atoms. The van der Waals surface area contributed by atoms with E-state index in [4.69, 9.17) is 5.73 Å². The summed E-state index contributed by atoms with van der Waals surface area (Å²) in [4.78, 5) is 0.193. The summed E-state index contributed by atoms with van der Waals surface area (Å²) in [5.74, 6) is 0. The van der Waals surface area contributed by atoms with Gasteiger partial charge in [0.1, 0.15) is 4.90 Å². The van der Waals surface area contributed by atoms with E-state index in [-0.39, 0.29) is 10.4 Å². The van der Waals surface area contributed by atoms with Crippen LogP contribution in [0.5, 0.6) is 0 Å². The van der Waals surface area contributed by atoms with Crippen molar-refractivity contribution in [2.45, 2.75) is 50.5 Å². The second kappa shape index (κ2) is 4.24. The van der Waals surface area contributed by atoms with Crippen LogP contribution in [0.4, 0.5) is 5.69 Å². The van der Waals surface area contributed by atoms with Gasteiger partial charge in [-0.3, -0.25) is 0 Å². The molecule has 1 saturated carbocycles. The van der Waals surface area contributed by atoms with Crippen molar-refractivity contribution >= 4 is 15.7 Å². The van der Waals surface area contributed by atoms with Crippen molar-refractivity contribution in [1.29, 1.82) is 0 Å². The SMILES string of the molecule is Cc1cc(N)c(S(=O)(=O)NC2(C)CCC2)cc1C. The Labute approximate surface area is 109 Å². The van der Waals surface area contributed by atoms with Crippen LogP contribution in [0, 0.1) is 13.8 Å². The monoisotopic (exact) mass is 268 g/mol. The molecule has 1 aliphatic rings. The van der Waals surface area contributed by atoms with Gasteiger partial charge in [0.25, 0.3) is 0 Å². The predicted molar refractivity (Wildman–Crippen MR) is 72.9 cm³/mol. The average Bonchev–Trinajstić information content (AvgIpc) is 2.20. The molecule has 1 aliphatic carbocycles. The third kappa shape index (κ3) is 2.37. The van der Waals surface area contributed by atoms with E-state index in [0.29, 0.717) is 5.69 Å². The fourth-order valence-corrected chi connectivity index (χ4v) is 3.90. The lowest BCUT2D eigenvalue weighted by Crippen LogP contribution is -2.50. The predicted octanol–water partition coefficient (Wildman–Crippen LogP) is 2.11. The molecule has 1 fully saturated rings. The van der Waals surface area contributed by atoms with E-state index in [1.165, 1.54) is 0 Å². The van der Waals surface area contributed by atoms with Crippen molar-refractivity contribution in [2.24, 2.45) is 0 Å². The summed E-state index contributed by atoms with van der Waals surface area (Å²) in [6, 6.07) is 3.36. The number of benzene rings is 1. The second-order valence-electron chi connectivity index (χ2n) is 5.49. The highest BCUT2D eigenvalue weighted by molar-refractivity contribution is 7.89. The highest BCUT2D eigenvalue weighted by Crippen LogP contribution is 2.33. The van der Waals surface area contributed by atoms with E-state index in [2.05, 4.69) is 4.72 Å². The molecule has 18 heavy (non-hydrogen) atoms. The smallest absolute Gasteiger partial charge is 0.243 e. The Morgan fingerprint density at radius 3 is 2.28 bits per heavy atom. The van der Waals surface area contributed by atoms with Crippen LogP contribution in [0.1, 0.15) is 37.3 Å². The number of nitrogens with one attached hydrogen (secondary N) is 1. The Kier molecular flexibility index (Phi) is 3.15. The van der Waals surface area contributed by atoms with Crippen LogP contribution in [0.2, 0.25) is 0 Å². The van der Waals surface area contributed by atoms with Gasteiger partial charge in [-0.25, -0.2) is 13.1 Å². The summed E-state index contributed by atoms with van der Waals surface area (Å²) in [5, 5.41) is 0. The summed E-state index contributed by atoms with van der Waals surface area (Å²) in [7, 11) is -3.52. The Balaban J connectivity index is 2.38. The summed E-state index contributed by atoms with van der Waals surface area (Å²) in [5.41, 5.74) is 7.78. The maximum absolute atomic E-state index is 12.3. The summed E-state index contributed by atoms with van der Waals surface area (Å²) in [6.45, 7) is 5.74. The maximum atomic E-state index is 12.3. The van der Waals surface area contributed by atoms with Crippen LogP contribution in [0.3, 0.4) is 0 Å². The molecule has 0 atom stereocenters.